The minimum atomic E-state index is -3.21. The second-order valence-corrected chi connectivity index (χ2v) is 10.8. The number of nitrogens with zero attached hydrogens (tertiary/aromatic N) is 4. The van der Waals surface area contributed by atoms with E-state index in [9.17, 15) is 18.3 Å². The molecule has 0 radical (unpaired) electrons. The number of aromatic nitrogens is 1. The first-order valence-electron chi connectivity index (χ1n) is 9.77. The van der Waals surface area contributed by atoms with Crippen molar-refractivity contribution in [1.82, 2.24) is 9.88 Å². The molecule has 1 fully saturated rings. The molecule has 168 valence electrons. The smallest absolute Gasteiger partial charge is 0.274 e. The molecule has 1 amide bonds. The molecule has 32 heavy (non-hydrogen) atoms. The summed E-state index contributed by atoms with van der Waals surface area (Å²) in [5, 5.41) is 11.5. The van der Waals surface area contributed by atoms with Crippen molar-refractivity contribution in [2.24, 2.45) is 10.7 Å². The summed E-state index contributed by atoms with van der Waals surface area (Å²) in [6.07, 6.45) is 1.28. The van der Waals surface area contributed by atoms with Crippen LogP contribution >= 0.6 is 10.6 Å². The molecule has 2 aliphatic heterocycles. The summed E-state index contributed by atoms with van der Waals surface area (Å²) < 4.78 is 35.7. The Labute approximate surface area is 186 Å². The number of halogens is 1. The number of nitrogens with one attached hydrogen (secondary N) is 1. The molecule has 1 aromatic carbocycles. The number of likely N-dealkylation sites (tertiary alicyclic amines) is 1. The van der Waals surface area contributed by atoms with Crippen molar-refractivity contribution in [1.29, 1.82) is 5.26 Å². The monoisotopic (exact) mass is 458 g/mol. The van der Waals surface area contributed by atoms with Gasteiger partial charge in [0.05, 0.1) is 11.3 Å². The molecule has 5 N–H and O–H groups in total. The first-order chi connectivity index (χ1) is 15.0. The molecule has 9 nitrogen and oxygen atoms in total. The van der Waals surface area contributed by atoms with Gasteiger partial charge in [-0.3, -0.25) is 18.9 Å². The Morgan fingerprint density at radius 2 is 2.06 bits per heavy atom. The summed E-state index contributed by atoms with van der Waals surface area (Å²) in [7, 11) is -1.37. The Morgan fingerprint density at radius 3 is 2.62 bits per heavy atom. The van der Waals surface area contributed by atoms with Gasteiger partial charge < -0.3 is 16.0 Å². The minimum absolute atomic E-state index is 0.0891. The molecule has 0 bridgehead atoms. The number of hydrogen-bond acceptors (Lipinski definition) is 8. The van der Waals surface area contributed by atoms with Gasteiger partial charge in [-0.15, -0.1) is 0 Å². The largest absolute Gasteiger partial charge is 0.386 e. The Balaban J connectivity index is 1.65. The van der Waals surface area contributed by atoms with E-state index in [1.807, 2.05) is 18.0 Å². The zero-order chi connectivity index (χ0) is 23.3. The molecule has 0 saturated carbocycles. The maximum absolute atomic E-state index is 14.8. The van der Waals surface area contributed by atoms with Crippen LogP contribution in [0.3, 0.4) is 0 Å². The van der Waals surface area contributed by atoms with Crippen LogP contribution in [0.2, 0.25) is 0 Å². The van der Waals surface area contributed by atoms with Gasteiger partial charge in [0, 0.05) is 30.5 Å². The average Bonchev–Trinajstić information content (AvgIpc) is 2.71. The first kappa shape index (κ1) is 22.2. The number of anilines is 1. The number of benzene rings is 1. The van der Waals surface area contributed by atoms with Gasteiger partial charge in [0.1, 0.15) is 33.7 Å². The summed E-state index contributed by atoms with van der Waals surface area (Å²) in [6, 6.07) is 8.79. The molecule has 1 aromatic heterocycles. The van der Waals surface area contributed by atoms with Gasteiger partial charge >= 0.3 is 0 Å². The van der Waals surface area contributed by atoms with Crippen molar-refractivity contribution in [3.63, 3.8) is 0 Å². The van der Waals surface area contributed by atoms with E-state index in [-0.39, 0.29) is 28.5 Å². The number of carbonyl (C=O) groups is 1. The Hall–Kier alpha value is -3.04. The molecule has 0 aliphatic carbocycles. The molecule has 2 aromatic rings. The quantitative estimate of drug-likeness (QED) is 0.552. The Bertz CT molecular complexity index is 1160. The standard InChI is InChI=1S/C21H23FN6O3S/c1-20(12-32(30,31)21(19(24)27-20)10-28(2)11-21)15-7-14(4-5-16(15)22)26-18(29)17-6-3-13(8-23)9-25-17/h3-7,9,30-31H,10-12H2,1-2H3,(H2,24,27)(H,26,29). The molecule has 4 rings (SSSR count). The van der Waals surface area contributed by atoms with E-state index in [0.717, 1.165) is 0 Å². The summed E-state index contributed by atoms with van der Waals surface area (Å²) in [5.41, 5.74) is 5.66. The Kier molecular flexibility index (Phi) is 5.21. The van der Waals surface area contributed by atoms with Gasteiger partial charge in [-0.2, -0.15) is 15.9 Å². The van der Waals surface area contributed by atoms with Crippen LogP contribution in [-0.2, 0) is 5.54 Å². The maximum atomic E-state index is 14.8. The third-order valence-corrected chi connectivity index (χ3v) is 8.61. The lowest BCUT2D eigenvalue weighted by molar-refractivity contribution is 0.102. The molecule has 1 spiro atoms. The van der Waals surface area contributed by atoms with E-state index >= 15 is 0 Å². The van der Waals surface area contributed by atoms with E-state index in [2.05, 4.69) is 15.3 Å². The van der Waals surface area contributed by atoms with Crippen molar-refractivity contribution in [2.75, 3.05) is 31.2 Å². The van der Waals surface area contributed by atoms with Crippen molar-refractivity contribution in [3.05, 3.63) is 59.2 Å². The second-order valence-electron chi connectivity index (χ2n) is 8.44. The fourth-order valence-corrected chi connectivity index (χ4v) is 6.75. The zero-order valence-electron chi connectivity index (χ0n) is 17.5. The van der Waals surface area contributed by atoms with Crippen LogP contribution in [0.4, 0.5) is 10.1 Å². The fourth-order valence-electron chi connectivity index (χ4n) is 4.24. The maximum Gasteiger partial charge on any atom is 0.274 e. The van der Waals surface area contributed by atoms with E-state index in [4.69, 9.17) is 11.0 Å². The predicted molar refractivity (Wildman–Crippen MR) is 120 cm³/mol. The van der Waals surface area contributed by atoms with Gasteiger partial charge in [0.2, 0.25) is 0 Å². The number of nitriles is 1. The lowest BCUT2D eigenvalue weighted by atomic mass is 9.91. The number of pyridine rings is 1. The molecule has 1 unspecified atom stereocenters. The lowest BCUT2D eigenvalue weighted by Crippen LogP contribution is -2.71. The van der Waals surface area contributed by atoms with Crippen molar-refractivity contribution in [2.45, 2.75) is 17.2 Å². The van der Waals surface area contributed by atoms with Gasteiger partial charge in [0.25, 0.3) is 5.91 Å². The molecule has 2 aliphatic rings. The van der Waals surface area contributed by atoms with E-state index in [0.29, 0.717) is 18.7 Å². The SMILES string of the molecule is CN1CC2(C1)C(N)=NC(C)(c1cc(NC(=O)c3ccc(C#N)cn3)ccc1F)CS2(O)O. The average molecular weight is 459 g/mol. The van der Waals surface area contributed by atoms with Gasteiger partial charge in [-0.25, -0.2) is 9.37 Å². The number of hydrogen-bond donors (Lipinski definition) is 4. The number of nitrogens with two attached hydrogens (primary N) is 1. The topological polar surface area (TPSA) is 148 Å². The molecule has 1 saturated heterocycles. The van der Waals surface area contributed by atoms with E-state index < -0.39 is 32.6 Å². The highest BCUT2D eigenvalue weighted by Crippen LogP contribution is 2.62. The van der Waals surface area contributed by atoms with Gasteiger partial charge in [0.15, 0.2) is 0 Å². The highest BCUT2D eigenvalue weighted by Gasteiger charge is 2.59. The normalized spacial score (nSPS) is 24.7. The number of amidine groups is 1. The minimum Gasteiger partial charge on any atom is -0.386 e. The predicted octanol–water partition coefficient (Wildman–Crippen LogP) is 2.37. The summed E-state index contributed by atoms with van der Waals surface area (Å²) in [6.45, 7) is 2.34. The molecular formula is C21H23FN6O3S. The van der Waals surface area contributed by atoms with Crippen LogP contribution in [0.5, 0.6) is 0 Å². The van der Waals surface area contributed by atoms with E-state index in [1.54, 1.807) is 6.92 Å². The van der Waals surface area contributed by atoms with Crippen LogP contribution in [0.1, 0.15) is 28.5 Å². The van der Waals surface area contributed by atoms with Gasteiger partial charge in [-0.05, 0) is 44.3 Å². The van der Waals surface area contributed by atoms with Crippen molar-refractivity contribution < 1.29 is 18.3 Å². The molecular weight excluding hydrogens is 435 g/mol. The van der Waals surface area contributed by atoms with Crippen LogP contribution < -0.4 is 11.1 Å². The number of rotatable bonds is 3. The van der Waals surface area contributed by atoms with Gasteiger partial charge in [-0.1, -0.05) is 0 Å². The van der Waals surface area contributed by atoms with Crippen molar-refractivity contribution in [3.8, 4) is 6.07 Å². The number of amides is 1. The summed E-state index contributed by atoms with van der Waals surface area (Å²) >= 11 is 0. The van der Waals surface area contributed by atoms with Crippen LogP contribution in [0.25, 0.3) is 0 Å². The fraction of sp³-hybridized carbons (Fsp3) is 0.333. The number of aliphatic imine (C=N–C) groups is 1. The Morgan fingerprint density at radius 1 is 1.34 bits per heavy atom. The second kappa shape index (κ2) is 7.53. The van der Waals surface area contributed by atoms with Crippen LogP contribution in [0, 0.1) is 17.1 Å². The summed E-state index contributed by atoms with van der Waals surface area (Å²) in [5.74, 6) is -1.22. The van der Waals surface area contributed by atoms with Crippen molar-refractivity contribution >= 4 is 28.0 Å². The summed E-state index contributed by atoms with van der Waals surface area (Å²) in [4.78, 5) is 22.9. The first-order valence-corrected chi connectivity index (χ1v) is 11.5. The highest BCUT2D eigenvalue weighted by atomic mass is 32.3. The third kappa shape index (κ3) is 3.51. The lowest BCUT2D eigenvalue weighted by Gasteiger charge is -2.62. The van der Waals surface area contributed by atoms with Crippen LogP contribution in [0.15, 0.2) is 41.5 Å². The zero-order valence-corrected chi connectivity index (χ0v) is 18.4. The van der Waals surface area contributed by atoms with E-state index in [1.165, 1.54) is 36.5 Å². The molecule has 1 atom stereocenters. The third-order valence-electron chi connectivity index (χ3n) is 5.92. The van der Waals surface area contributed by atoms with Crippen LogP contribution in [-0.4, -0.2) is 61.4 Å². The number of carbonyl (C=O) groups excluding carboxylic acids is 1. The molecule has 11 heteroatoms. The molecule has 3 heterocycles. The highest BCUT2D eigenvalue weighted by molar-refractivity contribution is 8.26.